The highest BCUT2D eigenvalue weighted by molar-refractivity contribution is 5.76. The molecule has 2 saturated heterocycles. The van der Waals surface area contributed by atoms with Gasteiger partial charge in [-0.05, 0) is 96.3 Å². The van der Waals surface area contributed by atoms with Crippen LogP contribution in [0.25, 0.3) is 0 Å². The second-order valence-corrected chi connectivity index (χ2v) is 22.2. The van der Waals surface area contributed by atoms with E-state index in [-0.39, 0.29) is 18.9 Å². The van der Waals surface area contributed by atoms with Crippen LogP contribution < -0.4 is 5.32 Å². The molecule has 0 aromatic carbocycles. The molecule has 84 heavy (non-hydrogen) atoms. The summed E-state index contributed by atoms with van der Waals surface area (Å²) in [5.41, 5.74) is 0. The van der Waals surface area contributed by atoms with E-state index in [9.17, 15) is 45.6 Å². The number of unbranched alkanes of at least 4 members (excludes halogenated alkanes) is 17. The number of amides is 1. The molecule has 0 spiro atoms. The lowest BCUT2D eigenvalue weighted by atomic mass is 9.97. The lowest BCUT2D eigenvalue weighted by Gasteiger charge is -2.46. The molecule has 14 nitrogen and oxygen atoms in total. The molecule has 14 heteroatoms. The van der Waals surface area contributed by atoms with Gasteiger partial charge in [0.2, 0.25) is 5.91 Å². The van der Waals surface area contributed by atoms with Crippen LogP contribution in [0.4, 0.5) is 0 Å². The van der Waals surface area contributed by atoms with E-state index >= 15 is 0 Å². The van der Waals surface area contributed by atoms with Gasteiger partial charge in [0.15, 0.2) is 12.6 Å². The van der Waals surface area contributed by atoms with Gasteiger partial charge in [0.25, 0.3) is 0 Å². The van der Waals surface area contributed by atoms with Crippen molar-refractivity contribution in [2.24, 2.45) is 0 Å². The van der Waals surface area contributed by atoms with Gasteiger partial charge < -0.3 is 65.1 Å². The molecular formula is C70H115NO13. The Labute approximate surface area is 507 Å². The van der Waals surface area contributed by atoms with E-state index in [1.807, 2.05) is 6.08 Å². The molecule has 2 heterocycles. The van der Waals surface area contributed by atoms with Crippen molar-refractivity contribution in [2.75, 3.05) is 19.8 Å². The quantitative estimate of drug-likeness (QED) is 0.0204. The van der Waals surface area contributed by atoms with Crippen LogP contribution in [0.2, 0.25) is 0 Å². The molecule has 2 rings (SSSR count). The van der Waals surface area contributed by atoms with E-state index in [1.165, 1.54) is 77.0 Å². The molecule has 478 valence electrons. The van der Waals surface area contributed by atoms with Crippen molar-refractivity contribution in [1.29, 1.82) is 0 Å². The van der Waals surface area contributed by atoms with Gasteiger partial charge in [-0.3, -0.25) is 4.79 Å². The lowest BCUT2D eigenvalue weighted by Crippen LogP contribution is -2.65. The highest BCUT2D eigenvalue weighted by Crippen LogP contribution is 2.30. The van der Waals surface area contributed by atoms with Crippen molar-refractivity contribution >= 4 is 5.91 Å². The number of aliphatic hydroxyl groups excluding tert-OH is 8. The van der Waals surface area contributed by atoms with Gasteiger partial charge in [0.05, 0.1) is 32.0 Å². The molecule has 9 N–H and O–H groups in total. The first-order chi connectivity index (χ1) is 41.1. The van der Waals surface area contributed by atoms with E-state index in [0.29, 0.717) is 6.42 Å². The summed E-state index contributed by atoms with van der Waals surface area (Å²) < 4.78 is 22.8. The van der Waals surface area contributed by atoms with E-state index in [2.05, 4.69) is 141 Å². The molecule has 0 aromatic heterocycles. The van der Waals surface area contributed by atoms with Crippen LogP contribution in [0.3, 0.4) is 0 Å². The highest BCUT2D eigenvalue weighted by atomic mass is 16.7. The molecule has 0 aromatic rings. The number of carbonyl (C=O) groups excluding carboxylic acids is 1. The van der Waals surface area contributed by atoms with Crippen LogP contribution >= 0.6 is 0 Å². The number of allylic oxidation sites excluding steroid dienone is 21. The molecule has 2 fully saturated rings. The summed E-state index contributed by atoms with van der Waals surface area (Å²) in [6, 6.07) is -0.949. The Kier molecular flexibility index (Phi) is 48.4. The van der Waals surface area contributed by atoms with E-state index < -0.39 is 86.8 Å². The summed E-state index contributed by atoms with van der Waals surface area (Å²) in [4.78, 5) is 13.3. The highest BCUT2D eigenvalue weighted by Gasteiger charge is 2.51. The van der Waals surface area contributed by atoms with Gasteiger partial charge in [0.1, 0.15) is 48.8 Å². The largest absolute Gasteiger partial charge is 0.394 e. The minimum absolute atomic E-state index is 0.217. The van der Waals surface area contributed by atoms with Gasteiger partial charge in [0, 0.05) is 6.42 Å². The van der Waals surface area contributed by atoms with Crippen molar-refractivity contribution in [2.45, 2.75) is 280 Å². The van der Waals surface area contributed by atoms with Crippen LogP contribution in [-0.2, 0) is 23.7 Å². The maximum Gasteiger partial charge on any atom is 0.220 e. The second-order valence-electron chi connectivity index (χ2n) is 22.2. The van der Waals surface area contributed by atoms with E-state index in [0.717, 1.165) is 103 Å². The van der Waals surface area contributed by atoms with E-state index in [1.54, 1.807) is 6.08 Å². The first kappa shape index (κ1) is 76.2. The summed E-state index contributed by atoms with van der Waals surface area (Å²) >= 11 is 0. The Morgan fingerprint density at radius 2 is 0.821 bits per heavy atom. The molecule has 12 atom stereocenters. The molecule has 12 unspecified atom stereocenters. The maximum atomic E-state index is 13.3. The monoisotopic (exact) mass is 1180 g/mol. The molecule has 2 aliphatic heterocycles. The minimum Gasteiger partial charge on any atom is -0.394 e. The van der Waals surface area contributed by atoms with Crippen molar-refractivity contribution in [3.05, 3.63) is 134 Å². The molecule has 2 aliphatic rings. The zero-order valence-electron chi connectivity index (χ0n) is 51.6. The third-order valence-electron chi connectivity index (χ3n) is 14.8. The number of ether oxygens (including phenoxy) is 4. The van der Waals surface area contributed by atoms with Crippen LogP contribution in [0.15, 0.2) is 134 Å². The van der Waals surface area contributed by atoms with Gasteiger partial charge in [-0.2, -0.15) is 0 Å². The average molecular weight is 1180 g/mol. The zero-order chi connectivity index (χ0) is 60.9. The zero-order valence-corrected chi connectivity index (χ0v) is 51.6. The fraction of sp³-hybridized carbons (Fsp3) is 0.671. The molecule has 0 saturated carbocycles. The first-order valence-electron chi connectivity index (χ1n) is 32.4. The molecular weight excluding hydrogens is 1060 g/mol. The Hall–Kier alpha value is -3.87. The molecule has 0 aliphatic carbocycles. The summed E-state index contributed by atoms with van der Waals surface area (Å²) in [6.45, 7) is 2.64. The standard InChI is InChI=1S/C70H115NO13/c1-3-5-7-9-11-13-15-17-19-21-22-23-24-25-26-27-28-29-30-31-32-33-34-35-36-38-40-42-44-46-48-50-52-54-62(75)71-58(59(74)53-51-49-47-45-43-41-39-37-20-18-16-14-12-10-8-6-4-2)57-81-69-67(80)65(78)68(61(56-73)83-69)84-70-66(79)64(77)63(76)60(55-72)82-70/h5,7,11,13,17,19,22-23,25-26,28-29,31-32,34-35,38,40,44,46,51,53,58-61,63-70,72-74,76-80H,3-4,6,8-10,12,14-16,18,20-21,24,27,30,33,36-37,39,41-43,45,47-50,52,54-57H2,1-2H3,(H,71,75)/b7-5-,13-11-,19-17-,23-22-,26-25-,29-28-,32-31-,35-34-,40-38-,46-44-,53-51+. The Balaban J connectivity index is 1.74. The fourth-order valence-electron chi connectivity index (χ4n) is 9.67. The Bertz CT molecular complexity index is 1920. The number of hydrogen-bond acceptors (Lipinski definition) is 13. The van der Waals surface area contributed by atoms with Gasteiger partial charge in [-0.1, -0.05) is 237 Å². The number of hydrogen-bond donors (Lipinski definition) is 9. The van der Waals surface area contributed by atoms with Crippen LogP contribution in [0.5, 0.6) is 0 Å². The Morgan fingerprint density at radius 1 is 0.440 bits per heavy atom. The van der Waals surface area contributed by atoms with Crippen molar-refractivity contribution in [3.8, 4) is 0 Å². The topological polar surface area (TPSA) is 228 Å². The van der Waals surface area contributed by atoms with Crippen LogP contribution in [0, 0.1) is 0 Å². The summed E-state index contributed by atoms with van der Waals surface area (Å²) in [5.74, 6) is -0.287. The van der Waals surface area contributed by atoms with Crippen LogP contribution in [0.1, 0.15) is 206 Å². The number of nitrogens with one attached hydrogen (secondary N) is 1. The normalized spacial score (nSPS) is 24.6. The minimum atomic E-state index is -1.80. The summed E-state index contributed by atoms with van der Waals surface area (Å²) in [6.07, 6.45) is 62.0. The predicted octanol–water partition coefficient (Wildman–Crippen LogP) is 12.3. The van der Waals surface area contributed by atoms with E-state index in [4.69, 9.17) is 18.9 Å². The fourth-order valence-corrected chi connectivity index (χ4v) is 9.67. The summed E-state index contributed by atoms with van der Waals surface area (Å²) in [5, 5.41) is 87.2. The number of aliphatic hydroxyl groups is 8. The average Bonchev–Trinajstić information content (AvgIpc) is 3.17. The maximum absolute atomic E-state index is 13.3. The number of carbonyl (C=O) groups is 1. The molecule has 0 bridgehead atoms. The van der Waals surface area contributed by atoms with Gasteiger partial charge in [-0.15, -0.1) is 0 Å². The van der Waals surface area contributed by atoms with Gasteiger partial charge in [-0.25, -0.2) is 0 Å². The number of rotatable bonds is 50. The Morgan fingerprint density at radius 3 is 1.26 bits per heavy atom. The third kappa shape index (κ3) is 37.6. The second kappa shape index (κ2) is 53.4. The third-order valence-corrected chi connectivity index (χ3v) is 14.8. The van der Waals surface area contributed by atoms with Crippen LogP contribution in [-0.4, -0.2) is 140 Å². The summed E-state index contributed by atoms with van der Waals surface area (Å²) in [7, 11) is 0. The SMILES string of the molecule is CC/C=C\C/C=C\C/C=C\C/C=C\C/C=C\C/C=C\C/C=C\C/C=C\C/C=C\C/C=C\CCCCC(=O)NC(COC1OC(CO)C(OC2OC(CO)C(O)C(O)C2O)C(O)C1O)C(O)/C=C/CCCCCCCCCCCCCCCCC. The predicted molar refractivity (Wildman–Crippen MR) is 341 cm³/mol. The van der Waals surface area contributed by atoms with Crippen molar-refractivity contribution in [3.63, 3.8) is 0 Å². The molecule has 0 radical (unpaired) electrons. The smallest absolute Gasteiger partial charge is 0.220 e. The first-order valence-corrected chi connectivity index (χ1v) is 32.4. The molecule has 1 amide bonds. The van der Waals surface area contributed by atoms with Crippen molar-refractivity contribution < 1.29 is 64.6 Å². The van der Waals surface area contributed by atoms with Gasteiger partial charge >= 0.3 is 0 Å². The van der Waals surface area contributed by atoms with Crippen molar-refractivity contribution in [1.82, 2.24) is 5.32 Å². The lowest BCUT2D eigenvalue weighted by molar-refractivity contribution is -0.359.